The Morgan fingerprint density at radius 2 is 1.55 bits per heavy atom. The molecular weight excluding hydrogens is 418 g/mol. The molecule has 158 valence electrons. The third-order valence-corrected chi connectivity index (χ3v) is 4.38. The van der Waals surface area contributed by atoms with Gasteiger partial charge in [0.15, 0.2) is 0 Å². The molecule has 0 aliphatic heterocycles. The van der Waals surface area contributed by atoms with E-state index < -0.39 is 11.8 Å². The van der Waals surface area contributed by atoms with Crippen LogP contribution in [0.5, 0.6) is 11.5 Å². The summed E-state index contributed by atoms with van der Waals surface area (Å²) in [6, 6.07) is 21.2. The first-order chi connectivity index (χ1) is 15.0. The molecule has 8 heteroatoms. The molecule has 0 unspecified atom stereocenters. The van der Waals surface area contributed by atoms with Gasteiger partial charge in [0.05, 0.1) is 13.3 Å². The van der Waals surface area contributed by atoms with E-state index in [0.717, 1.165) is 11.1 Å². The molecule has 2 amide bonds. The van der Waals surface area contributed by atoms with Gasteiger partial charge in [0.25, 0.3) is 0 Å². The van der Waals surface area contributed by atoms with Crippen molar-refractivity contribution in [1.82, 2.24) is 5.43 Å². The molecule has 0 fully saturated rings. The Hall–Kier alpha value is -3.84. The fourth-order valence-corrected chi connectivity index (χ4v) is 2.60. The average molecular weight is 438 g/mol. The fraction of sp³-hybridized carbons (Fsp3) is 0.0870. The predicted octanol–water partition coefficient (Wildman–Crippen LogP) is 4.02. The Balaban J connectivity index is 1.45. The van der Waals surface area contributed by atoms with Crippen molar-refractivity contribution >= 4 is 35.3 Å². The van der Waals surface area contributed by atoms with E-state index in [0.29, 0.717) is 28.8 Å². The molecule has 0 aliphatic rings. The second kappa shape index (κ2) is 10.8. The van der Waals surface area contributed by atoms with E-state index in [1.165, 1.54) is 6.21 Å². The van der Waals surface area contributed by atoms with Gasteiger partial charge in [0.1, 0.15) is 18.1 Å². The number of ether oxygens (including phenoxy) is 2. The number of halogens is 1. The zero-order valence-electron chi connectivity index (χ0n) is 16.7. The van der Waals surface area contributed by atoms with Crippen LogP contribution in [-0.4, -0.2) is 25.1 Å². The Morgan fingerprint density at radius 1 is 0.903 bits per heavy atom. The van der Waals surface area contributed by atoms with Gasteiger partial charge >= 0.3 is 11.8 Å². The summed E-state index contributed by atoms with van der Waals surface area (Å²) in [5.74, 6) is -0.369. The highest BCUT2D eigenvalue weighted by Crippen LogP contribution is 2.16. The topological polar surface area (TPSA) is 89.0 Å². The first kappa shape index (κ1) is 21.9. The van der Waals surface area contributed by atoms with E-state index >= 15 is 0 Å². The molecule has 0 atom stereocenters. The number of nitrogens with one attached hydrogen (secondary N) is 2. The standard InChI is InChI=1S/C23H20ClN3O4/c1-30-20-12-8-19(9-13-20)26-22(28)23(29)27-25-14-16-4-10-21(11-5-16)31-15-17-2-6-18(24)7-3-17/h2-14H,15H2,1H3,(H,26,28)(H,27,29)/b25-14+. The van der Waals surface area contributed by atoms with E-state index in [1.54, 1.807) is 55.6 Å². The number of amides is 2. The molecule has 0 aliphatic carbocycles. The van der Waals surface area contributed by atoms with Crippen LogP contribution in [0, 0.1) is 0 Å². The molecule has 0 saturated carbocycles. The molecule has 3 rings (SSSR count). The zero-order valence-corrected chi connectivity index (χ0v) is 17.4. The molecule has 0 heterocycles. The SMILES string of the molecule is COc1ccc(NC(=O)C(=O)N/N=C/c2ccc(OCc3ccc(Cl)cc3)cc2)cc1. The van der Waals surface area contributed by atoms with Gasteiger partial charge < -0.3 is 14.8 Å². The summed E-state index contributed by atoms with van der Waals surface area (Å²) in [4.78, 5) is 23.8. The van der Waals surface area contributed by atoms with Crippen molar-refractivity contribution in [3.8, 4) is 11.5 Å². The second-order valence-corrected chi connectivity index (χ2v) is 6.80. The average Bonchev–Trinajstić information content (AvgIpc) is 2.80. The summed E-state index contributed by atoms with van der Waals surface area (Å²) < 4.78 is 10.8. The quantitative estimate of drug-likeness (QED) is 0.332. The molecule has 2 N–H and O–H groups in total. The number of hydrogen-bond acceptors (Lipinski definition) is 5. The summed E-state index contributed by atoms with van der Waals surface area (Å²) in [6.07, 6.45) is 1.43. The van der Waals surface area contributed by atoms with E-state index in [9.17, 15) is 9.59 Å². The summed E-state index contributed by atoms with van der Waals surface area (Å²) >= 11 is 5.87. The third-order valence-electron chi connectivity index (χ3n) is 4.13. The number of carbonyl (C=O) groups is 2. The van der Waals surface area contributed by atoms with Gasteiger partial charge in [-0.25, -0.2) is 5.43 Å². The molecule has 3 aromatic carbocycles. The maximum atomic E-state index is 11.9. The number of anilines is 1. The first-order valence-corrected chi connectivity index (χ1v) is 9.67. The van der Waals surface area contributed by atoms with Gasteiger partial charge in [-0.3, -0.25) is 9.59 Å². The Kier molecular flexibility index (Phi) is 7.61. The molecule has 7 nitrogen and oxygen atoms in total. The van der Waals surface area contributed by atoms with Crippen LogP contribution in [0.25, 0.3) is 0 Å². The van der Waals surface area contributed by atoms with Crippen LogP contribution in [0.15, 0.2) is 77.9 Å². The molecule has 31 heavy (non-hydrogen) atoms. The summed E-state index contributed by atoms with van der Waals surface area (Å²) in [7, 11) is 1.54. The van der Waals surface area contributed by atoms with Crippen molar-refractivity contribution in [1.29, 1.82) is 0 Å². The van der Waals surface area contributed by atoms with Gasteiger partial charge in [-0.2, -0.15) is 5.10 Å². The minimum atomic E-state index is -0.880. The number of hydrazone groups is 1. The van der Waals surface area contributed by atoms with E-state index in [-0.39, 0.29) is 0 Å². The lowest BCUT2D eigenvalue weighted by Gasteiger charge is -2.06. The number of methoxy groups -OCH3 is 1. The highest BCUT2D eigenvalue weighted by molar-refractivity contribution is 6.39. The normalized spacial score (nSPS) is 10.5. The van der Waals surface area contributed by atoms with E-state index in [2.05, 4.69) is 15.8 Å². The minimum absolute atomic E-state index is 0.421. The molecule has 3 aromatic rings. The van der Waals surface area contributed by atoms with Crippen molar-refractivity contribution in [3.63, 3.8) is 0 Å². The van der Waals surface area contributed by atoms with Crippen molar-refractivity contribution in [2.75, 3.05) is 12.4 Å². The summed E-state index contributed by atoms with van der Waals surface area (Å²) in [5, 5.41) is 6.96. The molecular formula is C23H20ClN3O4. The second-order valence-electron chi connectivity index (χ2n) is 6.37. The van der Waals surface area contributed by atoms with Crippen LogP contribution < -0.4 is 20.2 Å². The van der Waals surface area contributed by atoms with Gasteiger partial charge in [0.2, 0.25) is 0 Å². The molecule has 0 bridgehead atoms. The highest BCUT2D eigenvalue weighted by atomic mass is 35.5. The van der Waals surface area contributed by atoms with Gasteiger partial charge in [-0.05, 0) is 71.8 Å². The van der Waals surface area contributed by atoms with Crippen molar-refractivity contribution < 1.29 is 19.1 Å². The fourth-order valence-electron chi connectivity index (χ4n) is 2.48. The minimum Gasteiger partial charge on any atom is -0.497 e. The highest BCUT2D eigenvalue weighted by Gasteiger charge is 2.12. The summed E-state index contributed by atoms with van der Waals surface area (Å²) in [6.45, 7) is 0.421. The maximum absolute atomic E-state index is 11.9. The Morgan fingerprint density at radius 3 is 2.19 bits per heavy atom. The maximum Gasteiger partial charge on any atom is 0.329 e. The number of rotatable bonds is 7. The van der Waals surface area contributed by atoms with Gasteiger partial charge in [0, 0.05) is 10.7 Å². The van der Waals surface area contributed by atoms with Gasteiger partial charge in [-0.15, -0.1) is 0 Å². The first-order valence-electron chi connectivity index (χ1n) is 9.29. The zero-order chi connectivity index (χ0) is 22.1. The van der Waals surface area contributed by atoms with Crippen LogP contribution in [0.4, 0.5) is 5.69 Å². The molecule has 0 radical (unpaired) electrons. The summed E-state index contributed by atoms with van der Waals surface area (Å²) in [5.41, 5.74) is 4.40. The van der Waals surface area contributed by atoms with Crippen LogP contribution in [0.1, 0.15) is 11.1 Å². The molecule has 0 saturated heterocycles. The number of nitrogens with zero attached hydrogens (tertiary/aromatic N) is 1. The van der Waals surface area contributed by atoms with Crippen LogP contribution in [-0.2, 0) is 16.2 Å². The third kappa shape index (κ3) is 6.87. The smallest absolute Gasteiger partial charge is 0.329 e. The number of hydrogen-bond donors (Lipinski definition) is 2. The molecule has 0 spiro atoms. The van der Waals surface area contributed by atoms with Crippen molar-refractivity contribution in [2.24, 2.45) is 5.10 Å². The van der Waals surface area contributed by atoms with Crippen molar-refractivity contribution in [2.45, 2.75) is 6.61 Å². The Labute approximate surface area is 184 Å². The predicted molar refractivity (Wildman–Crippen MR) is 120 cm³/mol. The largest absolute Gasteiger partial charge is 0.497 e. The number of benzene rings is 3. The lowest BCUT2D eigenvalue weighted by atomic mass is 10.2. The van der Waals surface area contributed by atoms with Crippen molar-refractivity contribution in [3.05, 3.63) is 88.9 Å². The van der Waals surface area contributed by atoms with Gasteiger partial charge in [-0.1, -0.05) is 23.7 Å². The van der Waals surface area contributed by atoms with E-state index in [4.69, 9.17) is 21.1 Å². The van der Waals surface area contributed by atoms with E-state index in [1.807, 2.05) is 24.3 Å². The monoisotopic (exact) mass is 437 g/mol. The van der Waals surface area contributed by atoms with Crippen LogP contribution >= 0.6 is 11.6 Å². The lowest BCUT2D eigenvalue weighted by Crippen LogP contribution is -2.32. The molecule has 0 aromatic heterocycles. The number of carbonyl (C=O) groups excluding carboxylic acids is 2. The van der Waals surface area contributed by atoms with Crippen LogP contribution in [0.3, 0.4) is 0 Å². The lowest BCUT2D eigenvalue weighted by molar-refractivity contribution is -0.136. The Bertz CT molecular complexity index is 1050. The van der Waals surface area contributed by atoms with Crippen LogP contribution in [0.2, 0.25) is 5.02 Å².